The van der Waals surface area contributed by atoms with E-state index in [0.29, 0.717) is 12.0 Å². The topological polar surface area (TPSA) is 18.5 Å². The number of rotatable bonds is 0. The Balaban J connectivity index is 1.97. The van der Waals surface area contributed by atoms with Crippen molar-refractivity contribution >= 4 is 0 Å². The monoisotopic (exact) mass is 164 g/mol. The molecule has 3 rings (SSSR count). The minimum Gasteiger partial charge on any atom is -0.346 e. The lowest BCUT2D eigenvalue weighted by Gasteiger charge is -2.29. The zero-order chi connectivity index (χ0) is 7.97. The summed E-state index contributed by atoms with van der Waals surface area (Å²) in [6.07, 6.45) is 9.18. The van der Waals surface area contributed by atoms with Gasteiger partial charge in [0.05, 0.1) is 12.7 Å². The zero-order valence-electron chi connectivity index (χ0n) is 6.90. The normalized spacial score (nSPS) is 44.0. The van der Waals surface area contributed by atoms with Gasteiger partial charge in [0.2, 0.25) is 0 Å². The van der Waals surface area contributed by atoms with Crippen LogP contribution in [0.25, 0.3) is 0 Å². The van der Waals surface area contributed by atoms with Gasteiger partial charge in [-0.05, 0) is 18.9 Å². The molecule has 1 aliphatic carbocycles. The van der Waals surface area contributed by atoms with Gasteiger partial charge in [-0.2, -0.15) is 0 Å². The molecule has 3 atom stereocenters. The van der Waals surface area contributed by atoms with E-state index in [2.05, 4.69) is 18.2 Å². The molecule has 64 valence electrons. The third-order valence-corrected chi connectivity index (χ3v) is 2.92. The Labute approximate surface area is 71.9 Å². The molecule has 1 saturated heterocycles. The summed E-state index contributed by atoms with van der Waals surface area (Å²) < 4.78 is 11.1. The van der Waals surface area contributed by atoms with E-state index in [4.69, 9.17) is 9.47 Å². The van der Waals surface area contributed by atoms with Gasteiger partial charge >= 0.3 is 0 Å². The Morgan fingerprint density at radius 2 is 2.33 bits per heavy atom. The summed E-state index contributed by atoms with van der Waals surface area (Å²) >= 11 is 0. The fourth-order valence-corrected chi connectivity index (χ4v) is 2.26. The molecule has 1 fully saturated rings. The van der Waals surface area contributed by atoms with E-state index < -0.39 is 0 Å². The summed E-state index contributed by atoms with van der Waals surface area (Å²) in [5, 5.41) is 0. The highest BCUT2D eigenvalue weighted by atomic mass is 16.7. The minimum atomic E-state index is -0.0345. The highest BCUT2D eigenvalue weighted by Gasteiger charge is 2.38. The van der Waals surface area contributed by atoms with Crippen molar-refractivity contribution in [2.75, 3.05) is 6.61 Å². The molecule has 0 aromatic heterocycles. The highest BCUT2D eigenvalue weighted by molar-refractivity contribution is 5.22. The molecule has 2 heteroatoms. The van der Waals surface area contributed by atoms with Crippen LogP contribution in [0.4, 0.5) is 0 Å². The van der Waals surface area contributed by atoms with Crippen LogP contribution in [0.1, 0.15) is 12.8 Å². The zero-order valence-corrected chi connectivity index (χ0v) is 6.90. The predicted octanol–water partition coefficient (Wildman–Crippen LogP) is 1.63. The summed E-state index contributed by atoms with van der Waals surface area (Å²) in [4.78, 5) is 0. The van der Waals surface area contributed by atoms with E-state index in [1.165, 1.54) is 5.57 Å². The molecule has 0 spiro atoms. The van der Waals surface area contributed by atoms with Gasteiger partial charge in [-0.1, -0.05) is 17.7 Å². The Kier molecular flexibility index (Phi) is 1.40. The van der Waals surface area contributed by atoms with Crippen molar-refractivity contribution in [1.29, 1.82) is 0 Å². The van der Waals surface area contributed by atoms with Crippen LogP contribution in [0.2, 0.25) is 0 Å². The molecule has 0 aromatic carbocycles. The van der Waals surface area contributed by atoms with Crippen LogP contribution in [0.3, 0.4) is 0 Å². The van der Waals surface area contributed by atoms with Gasteiger partial charge in [0.1, 0.15) is 0 Å². The van der Waals surface area contributed by atoms with E-state index in [9.17, 15) is 0 Å². The van der Waals surface area contributed by atoms with Crippen molar-refractivity contribution in [3.8, 4) is 0 Å². The van der Waals surface area contributed by atoms with E-state index in [1.54, 1.807) is 0 Å². The van der Waals surface area contributed by atoms with Crippen molar-refractivity contribution in [3.05, 3.63) is 23.8 Å². The molecular weight excluding hydrogens is 152 g/mol. The van der Waals surface area contributed by atoms with Gasteiger partial charge in [-0.15, -0.1) is 0 Å². The van der Waals surface area contributed by atoms with Gasteiger partial charge in [-0.25, -0.2) is 0 Å². The third kappa shape index (κ3) is 0.883. The molecule has 0 amide bonds. The molecule has 3 aliphatic rings. The average molecular weight is 164 g/mol. The largest absolute Gasteiger partial charge is 0.346 e. The van der Waals surface area contributed by atoms with Crippen LogP contribution in [0.5, 0.6) is 0 Å². The highest BCUT2D eigenvalue weighted by Crippen LogP contribution is 2.37. The summed E-state index contributed by atoms with van der Waals surface area (Å²) in [5.74, 6) is 0.605. The molecule has 2 aliphatic heterocycles. The van der Waals surface area contributed by atoms with E-state index in [-0.39, 0.29) is 6.29 Å². The van der Waals surface area contributed by atoms with E-state index in [0.717, 1.165) is 19.4 Å². The molecule has 2 nitrogen and oxygen atoms in total. The van der Waals surface area contributed by atoms with Crippen LogP contribution >= 0.6 is 0 Å². The summed E-state index contributed by atoms with van der Waals surface area (Å²) in [7, 11) is 0. The molecule has 0 radical (unpaired) electrons. The standard InChI is InChI=1S/C10H12O2/c1-2-4-8-7(3-1)5-10-11-6-9(8)12-10/h1-2,5,8-10H,3-4,6H2/t8-,9+,10+/m0/s1. The molecule has 12 heavy (non-hydrogen) atoms. The number of hydrogen-bond donors (Lipinski definition) is 0. The minimum absolute atomic E-state index is 0.0345. The summed E-state index contributed by atoms with van der Waals surface area (Å²) in [6, 6.07) is 0. The Bertz CT molecular complexity index is 255. The van der Waals surface area contributed by atoms with Gasteiger partial charge in [0, 0.05) is 5.92 Å². The van der Waals surface area contributed by atoms with Crippen molar-refractivity contribution < 1.29 is 9.47 Å². The summed E-state index contributed by atoms with van der Waals surface area (Å²) in [5.41, 5.74) is 1.52. The van der Waals surface area contributed by atoms with Crippen LogP contribution < -0.4 is 0 Å². The molecule has 2 heterocycles. The van der Waals surface area contributed by atoms with E-state index in [1.807, 2.05) is 0 Å². The fourth-order valence-electron chi connectivity index (χ4n) is 2.26. The SMILES string of the molecule is C1=CC[C@H]2C(=C[C@@H]3OC[C@H]2O3)C1. The van der Waals surface area contributed by atoms with Crippen molar-refractivity contribution in [2.24, 2.45) is 5.92 Å². The van der Waals surface area contributed by atoms with E-state index >= 15 is 0 Å². The molecule has 0 aromatic rings. The van der Waals surface area contributed by atoms with Crippen molar-refractivity contribution in [2.45, 2.75) is 25.2 Å². The predicted molar refractivity (Wildman–Crippen MR) is 44.6 cm³/mol. The van der Waals surface area contributed by atoms with Crippen LogP contribution in [0, 0.1) is 5.92 Å². The first-order valence-corrected chi connectivity index (χ1v) is 4.56. The quantitative estimate of drug-likeness (QED) is 0.507. The van der Waals surface area contributed by atoms with Crippen LogP contribution in [-0.4, -0.2) is 19.0 Å². The maximum absolute atomic E-state index is 5.63. The second-order valence-corrected chi connectivity index (χ2v) is 3.64. The average Bonchev–Trinajstić information content (AvgIpc) is 2.49. The Hall–Kier alpha value is -0.600. The van der Waals surface area contributed by atoms with Crippen LogP contribution in [-0.2, 0) is 9.47 Å². The van der Waals surface area contributed by atoms with Crippen LogP contribution in [0.15, 0.2) is 23.8 Å². The lowest BCUT2D eigenvalue weighted by Crippen LogP contribution is -2.29. The number of ether oxygens (including phenoxy) is 2. The number of fused-ring (bicyclic) bond motifs is 4. The Morgan fingerprint density at radius 1 is 1.33 bits per heavy atom. The van der Waals surface area contributed by atoms with Crippen molar-refractivity contribution in [3.63, 3.8) is 0 Å². The molecule has 0 saturated carbocycles. The molecule has 0 unspecified atom stereocenters. The first-order chi connectivity index (χ1) is 5.93. The number of hydrogen-bond acceptors (Lipinski definition) is 2. The smallest absolute Gasteiger partial charge is 0.177 e. The lowest BCUT2D eigenvalue weighted by molar-refractivity contribution is -0.0389. The maximum atomic E-state index is 5.63. The fraction of sp³-hybridized carbons (Fsp3) is 0.600. The Morgan fingerprint density at radius 3 is 3.33 bits per heavy atom. The van der Waals surface area contributed by atoms with Gasteiger partial charge in [0.25, 0.3) is 0 Å². The first-order valence-electron chi connectivity index (χ1n) is 4.56. The molecular formula is C10H12O2. The second kappa shape index (κ2) is 2.44. The summed E-state index contributed by atoms with van der Waals surface area (Å²) in [6.45, 7) is 0.781. The van der Waals surface area contributed by atoms with Gasteiger partial charge in [0.15, 0.2) is 6.29 Å². The first kappa shape index (κ1) is 6.87. The van der Waals surface area contributed by atoms with Crippen molar-refractivity contribution in [1.82, 2.24) is 0 Å². The maximum Gasteiger partial charge on any atom is 0.177 e. The molecule has 2 bridgehead atoms. The third-order valence-electron chi connectivity index (χ3n) is 2.92. The van der Waals surface area contributed by atoms with Gasteiger partial charge < -0.3 is 9.47 Å². The number of allylic oxidation sites excluding steroid dienone is 2. The lowest BCUT2D eigenvalue weighted by atomic mass is 9.83. The van der Waals surface area contributed by atoms with Gasteiger partial charge in [-0.3, -0.25) is 0 Å². The molecule has 0 N–H and O–H groups in total. The second-order valence-electron chi connectivity index (χ2n) is 3.64.